The van der Waals surface area contributed by atoms with Crippen LogP contribution in [0.25, 0.3) is 0 Å². The van der Waals surface area contributed by atoms with Crippen LogP contribution in [0.2, 0.25) is 0 Å². The number of hydrogen-bond donors (Lipinski definition) is 0. The van der Waals surface area contributed by atoms with E-state index in [1.54, 1.807) is 0 Å². The van der Waals surface area contributed by atoms with Crippen LogP contribution in [0.5, 0.6) is 0 Å². The maximum absolute atomic E-state index is 6.23. The minimum absolute atomic E-state index is 0.456. The fraction of sp³-hybridized carbons (Fsp3) is 1.00. The quantitative estimate of drug-likeness (QED) is 0.739. The Bertz CT molecular complexity index is 202. The van der Waals surface area contributed by atoms with Gasteiger partial charge in [0.1, 0.15) is 0 Å². The molecule has 0 radical (unpaired) electrons. The summed E-state index contributed by atoms with van der Waals surface area (Å²) in [6.07, 6.45) is 11.3. The molecule has 94 valence electrons. The topological polar surface area (TPSA) is 18.5 Å². The highest BCUT2D eigenvalue weighted by atomic mass is 79.9. The molecule has 2 atom stereocenters. The number of ether oxygens (including phenoxy) is 2. The van der Waals surface area contributed by atoms with Crippen molar-refractivity contribution in [3.63, 3.8) is 0 Å². The molecule has 0 heterocycles. The molecule has 0 amide bonds. The van der Waals surface area contributed by atoms with Crippen LogP contribution in [0, 0.1) is 0 Å². The van der Waals surface area contributed by atoms with Crippen molar-refractivity contribution >= 4 is 15.9 Å². The molecule has 2 unspecified atom stereocenters. The van der Waals surface area contributed by atoms with Gasteiger partial charge in [-0.1, -0.05) is 28.8 Å². The zero-order chi connectivity index (χ0) is 11.4. The predicted octanol–water partition coefficient (Wildman–Crippen LogP) is 3.67. The Morgan fingerprint density at radius 1 is 0.875 bits per heavy atom. The average molecular weight is 291 g/mol. The molecule has 2 rings (SSSR count). The van der Waals surface area contributed by atoms with Crippen molar-refractivity contribution in [1.29, 1.82) is 0 Å². The van der Waals surface area contributed by atoms with E-state index >= 15 is 0 Å². The van der Waals surface area contributed by atoms with E-state index in [1.807, 2.05) is 7.11 Å². The fourth-order valence-electron chi connectivity index (χ4n) is 2.86. The summed E-state index contributed by atoms with van der Waals surface area (Å²) in [5.74, 6) is 0. The summed E-state index contributed by atoms with van der Waals surface area (Å²) in [6, 6.07) is 0. The molecular weight excluding hydrogens is 268 g/mol. The third-order valence-electron chi connectivity index (χ3n) is 3.94. The van der Waals surface area contributed by atoms with Crippen molar-refractivity contribution in [2.75, 3.05) is 7.11 Å². The summed E-state index contributed by atoms with van der Waals surface area (Å²) in [5.41, 5.74) is 0. The minimum Gasteiger partial charge on any atom is -0.381 e. The smallest absolute Gasteiger partial charge is 0.0703 e. The Morgan fingerprint density at radius 3 is 2.12 bits per heavy atom. The van der Waals surface area contributed by atoms with E-state index in [4.69, 9.17) is 9.47 Å². The fourth-order valence-corrected chi connectivity index (χ4v) is 3.57. The zero-order valence-corrected chi connectivity index (χ0v) is 11.7. The number of hydrogen-bond acceptors (Lipinski definition) is 2. The maximum Gasteiger partial charge on any atom is 0.0703 e. The molecule has 0 N–H and O–H groups in total. The Labute approximate surface area is 107 Å². The van der Waals surface area contributed by atoms with Gasteiger partial charge in [0.2, 0.25) is 0 Å². The molecule has 0 aliphatic heterocycles. The lowest BCUT2D eigenvalue weighted by atomic mass is 9.93. The first kappa shape index (κ1) is 12.8. The number of halogens is 1. The lowest BCUT2D eigenvalue weighted by molar-refractivity contribution is -0.0621. The molecule has 0 spiro atoms. The van der Waals surface area contributed by atoms with E-state index in [0.717, 1.165) is 0 Å². The molecule has 2 saturated carbocycles. The molecule has 2 aliphatic carbocycles. The highest BCUT2D eigenvalue weighted by Crippen LogP contribution is 2.31. The van der Waals surface area contributed by atoms with E-state index in [9.17, 15) is 0 Å². The van der Waals surface area contributed by atoms with Crippen molar-refractivity contribution in [2.45, 2.75) is 74.5 Å². The second-order valence-corrected chi connectivity index (χ2v) is 6.29. The van der Waals surface area contributed by atoms with Crippen LogP contribution in [0.3, 0.4) is 0 Å². The van der Waals surface area contributed by atoms with Crippen molar-refractivity contribution in [2.24, 2.45) is 0 Å². The number of alkyl halides is 1. The predicted molar refractivity (Wildman–Crippen MR) is 69.1 cm³/mol. The average Bonchev–Trinajstić information content (AvgIpc) is 2.33. The third-order valence-corrected chi connectivity index (χ3v) is 4.99. The number of rotatable bonds is 3. The molecule has 0 aromatic heterocycles. The van der Waals surface area contributed by atoms with Crippen LogP contribution < -0.4 is 0 Å². The molecule has 2 nitrogen and oxygen atoms in total. The Hall–Kier alpha value is 0.400. The highest BCUT2D eigenvalue weighted by Gasteiger charge is 2.28. The largest absolute Gasteiger partial charge is 0.381 e. The van der Waals surface area contributed by atoms with Gasteiger partial charge in [0, 0.05) is 11.9 Å². The third kappa shape index (κ3) is 3.44. The molecule has 0 aromatic carbocycles. The maximum atomic E-state index is 6.23. The number of methoxy groups -OCH3 is 1. The van der Waals surface area contributed by atoms with Crippen molar-refractivity contribution < 1.29 is 9.47 Å². The molecule has 0 saturated heterocycles. The van der Waals surface area contributed by atoms with Crippen molar-refractivity contribution in [3.05, 3.63) is 0 Å². The minimum atomic E-state index is 0.456. The molecule has 0 bridgehead atoms. The van der Waals surface area contributed by atoms with Crippen molar-refractivity contribution in [3.8, 4) is 0 Å². The van der Waals surface area contributed by atoms with Gasteiger partial charge in [-0.3, -0.25) is 0 Å². The molecule has 0 aromatic rings. The van der Waals surface area contributed by atoms with Gasteiger partial charge in [0.25, 0.3) is 0 Å². The summed E-state index contributed by atoms with van der Waals surface area (Å²) >= 11 is 3.76. The highest BCUT2D eigenvalue weighted by molar-refractivity contribution is 9.09. The van der Waals surface area contributed by atoms with E-state index in [-0.39, 0.29) is 0 Å². The van der Waals surface area contributed by atoms with E-state index in [2.05, 4.69) is 15.9 Å². The molecule has 2 aliphatic rings. The first-order chi connectivity index (χ1) is 7.79. The van der Waals surface area contributed by atoms with Crippen LogP contribution in [0.1, 0.15) is 51.4 Å². The molecule has 2 fully saturated rings. The lowest BCUT2D eigenvalue weighted by Gasteiger charge is -2.34. The van der Waals surface area contributed by atoms with Crippen LogP contribution in [-0.4, -0.2) is 30.2 Å². The Morgan fingerprint density at radius 2 is 1.50 bits per heavy atom. The van der Waals surface area contributed by atoms with E-state index < -0.39 is 0 Å². The summed E-state index contributed by atoms with van der Waals surface area (Å²) in [7, 11) is 1.82. The lowest BCUT2D eigenvalue weighted by Crippen LogP contribution is -2.35. The van der Waals surface area contributed by atoms with E-state index in [1.165, 1.54) is 51.4 Å². The SMILES string of the molecule is COC1CCC(OC2CCCCC2Br)CC1. The van der Waals surface area contributed by atoms with Gasteiger partial charge in [0.15, 0.2) is 0 Å². The summed E-state index contributed by atoms with van der Waals surface area (Å²) < 4.78 is 11.6. The van der Waals surface area contributed by atoms with Crippen LogP contribution in [0.15, 0.2) is 0 Å². The van der Waals surface area contributed by atoms with Gasteiger partial charge in [0.05, 0.1) is 18.3 Å². The molecule has 3 heteroatoms. The van der Waals surface area contributed by atoms with Gasteiger partial charge < -0.3 is 9.47 Å². The zero-order valence-electron chi connectivity index (χ0n) is 10.2. The first-order valence-corrected chi connectivity index (χ1v) is 7.53. The summed E-state index contributed by atoms with van der Waals surface area (Å²) in [6.45, 7) is 0. The summed E-state index contributed by atoms with van der Waals surface area (Å²) in [5, 5.41) is 0. The second-order valence-electron chi connectivity index (χ2n) is 5.11. The van der Waals surface area contributed by atoms with Gasteiger partial charge in [-0.25, -0.2) is 0 Å². The normalized spacial score (nSPS) is 40.9. The standard InChI is InChI=1S/C13H23BrO2/c1-15-10-6-8-11(9-7-10)16-13-5-3-2-4-12(13)14/h10-13H,2-9H2,1H3. The molecular formula is C13H23BrO2. The first-order valence-electron chi connectivity index (χ1n) is 6.62. The van der Waals surface area contributed by atoms with Gasteiger partial charge in [-0.2, -0.15) is 0 Å². The van der Waals surface area contributed by atoms with Crippen LogP contribution >= 0.6 is 15.9 Å². The Balaban J connectivity index is 1.73. The van der Waals surface area contributed by atoms with Gasteiger partial charge in [-0.05, 0) is 38.5 Å². The summed E-state index contributed by atoms with van der Waals surface area (Å²) in [4.78, 5) is 0.585. The van der Waals surface area contributed by atoms with Crippen LogP contribution in [0.4, 0.5) is 0 Å². The Kier molecular flexibility index (Phi) is 5.11. The monoisotopic (exact) mass is 290 g/mol. The van der Waals surface area contributed by atoms with Crippen LogP contribution in [-0.2, 0) is 9.47 Å². The molecule has 16 heavy (non-hydrogen) atoms. The van der Waals surface area contributed by atoms with Crippen molar-refractivity contribution in [1.82, 2.24) is 0 Å². The van der Waals surface area contributed by atoms with E-state index in [0.29, 0.717) is 23.1 Å². The van der Waals surface area contributed by atoms with Gasteiger partial charge in [-0.15, -0.1) is 0 Å². The van der Waals surface area contributed by atoms with Gasteiger partial charge >= 0.3 is 0 Å². The second kappa shape index (κ2) is 6.36.